The first-order valence-electron chi connectivity index (χ1n) is 9.43. The van der Waals surface area contributed by atoms with Gasteiger partial charge in [-0.25, -0.2) is 4.98 Å². The van der Waals surface area contributed by atoms with Gasteiger partial charge in [-0.3, -0.25) is 14.2 Å². The van der Waals surface area contributed by atoms with Crippen molar-refractivity contribution in [3.63, 3.8) is 0 Å². The molecule has 0 unspecified atom stereocenters. The summed E-state index contributed by atoms with van der Waals surface area (Å²) in [6.45, 7) is 2.00. The van der Waals surface area contributed by atoms with Crippen LogP contribution in [0.25, 0.3) is 28.2 Å². The predicted molar refractivity (Wildman–Crippen MR) is 128 cm³/mol. The van der Waals surface area contributed by atoms with Crippen molar-refractivity contribution in [1.82, 2.24) is 9.55 Å². The first-order chi connectivity index (χ1) is 14.5. The van der Waals surface area contributed by atoms with Crippen molar-refractivity contribution >= 4 is 56.7 Å². The maximum atomic E-state index is 13.5. The Labute approximate surface area is 186 Å². The lowest BCUT2D eigenvalue weighted by Crippen LogP contribution is -2.22. The Kier molecular flexibility index (Phi) is 4.51. The van der Waals surface area contributed by atoms with Gasteiger partial charge >= 0.3 is 0 Å². The highest BCUT2D eigenvalue weighted by molar-refractivity contribution is 14.1. The third-order valence-corrected chi connectivity index (χ3v) is 5.80. The number of para-hydroxylation sites is 1. The van der Waals surface area contributed by atoms with E-state index in [-0.39, 0.29) is 11.5 Å². The molecule has 0 aliphatic carbocycles. The number of amides is 1. The van der Waals surface area contributed by atoms with Crippen molar-refractivity contribution in [2.24, 2.45) is 0 Å². The van der Waals surface area contributed by atoms with E-state index in [1.165, 1.54) is 0 Å². The molecule has 0 spiro atoms. The monoisotopic (exact) mass is 505 g/mol. The number of hydrogen-bond donors (Lipinski definition) is 1. The second-order valence-corrected chi connectivity index (χ2v) is 8.41. The van der Waals surface area contributed by atoms with Gasteiger partial charge in [0.1, 0.15) is 5.82 Å². The minimum absolute atomic E-state index is 0.166. The molecule has 4 aromatic rings. The van der Waals surface area contributed by atoms with Gasteiger partial charge in [-0.05, 0) is 72.0 Å². The average Bonchev–Trinajstić information content (AvgIpc) is 3.05. The Morgan fingerprint density at radius 3 is 2.57 bits per heavy atom. The van der Waals surface area contributed by atoms with Gasteiger partial charge < -0.3 is 5.32 Å². The molecule has 0 saturated carbocycles. The number of aryl methyl sites for hydroxylation is 1. The Morgan fingerprint density at radius 2 is 1.77 bits per heavy atom. The Morgan fingerprint density at radius 1 is 1.00 bits per heavy atom. The molecule has 30 heavy (non-hydrogen) atoms. The van der Waals surface area contributed by atoms with Gasteiger partial charge in [-0.1, -0.05) is 35.9 Å². The molecule has 3 aromatic carbocycles. The first kappa shape index (κ1) is 18.7. The Bertz CT molecular complexity index is 1420. The highest BCUT2D eigenvalue weighted by Gasteiger charge is 2.24. The van der Waals surface area contributed by atoms with Crippen LogP contribution in [-0.4, -0.2) is 15.5 Å². The first-order valence-corrected chi connectivity index (χ1v) is 10.5. The summed E-state index contributed by atoms with van der Waals surface area (Å²) >= 11 is 2.19. The molecule has 1 aromatic heterocycles. The fourth-order valence-electron chi connectivity index (χ4n) is 3.63. The van der Waals surface area contributed by atoms with Crippen LogP contribution < -0.4 is 10.9 Å². The van der Waals surface area contributed by atoms with E-state index in [4.69, 9.17) is 4.98 Å². The lowest BCUT2D eigenvalue weighted by atomic mass is 10.1. The summed E-state index contributed by atoms with van der Waals surface area (Å²) in [5.74, 6) is 0.211. The molecule has 0 saturated heterocycles. The third-order valence-electron chi connectivity index (χ3n) is 5.13. The number of rotatable bonds is 2. The van der Waals surface area contributed by atoms with Crippen LogP contribution in [0.4, 0.5) is 5.69 Å². The summed E-state index contributed by atoms with van der Waals surface area (Å²) in [6.07, 6.45) is 1.69. The largest absolute Gasteiger partial charge is 0.321 e. The maximum Gasteiger partial charge on any atom is 0.266 e. The molecule has 0 fully saturated rings. The molecule has 5 nitrogen and oxygen atoms in total. The van der Waals surface area contributed by atoms with Gasteiger partial charge in [0.2, 0.25) is 0 Å². The smallest absolute Gasteiger partial charge is 0.266 e. The molecule has 1 amide bonds. The van der Waals surface area contributed by atoms with Crippen LogP contribution in [0.5, 0.6) is 0 Å². The number of anilines is 1. The molecular formula is C24H16IN3O2. The third kappa shape index (κ3) is 3.13. The van der Waals surface area contributed by atoms with Gasteiger partial charge in [0, 0.05) is 14.8 Å². The number of nitrogens with zero attached hydrogens (tertiary/aromatic N) is 2. The van der Waals surface area contributed by atoms with Crippen molar-refractivity contribution in [3.05, 3.63) is 97.6 Å². The SMILES string of the molecule is Cc1ccc(-n2c(C=C3C(=O)Nc4ccccc43)nc3ccc(I)cc3c2=O)cc1. The molecule has 6 heteroatoms. The predicted octanol–water partition coefficient (Wildman–Crippen LogP) is 4.79. The second-order valence-electron chi connectivity index (χ2n) is 7.17. The molecule has 1 N–H and O–H groups in total. The van der Waals surface area contributed by atoms with Crippen molar-refractivity contribution < 1.29 is 4.79 Å². The molecule has 146 valence electrons. The second kappa shape index (κ2) is 7.21. The summed E-state index contributed by atoms with van der Waals surface area (Å²) in [4.78, 5) is 30.9. The van der Waals surface area contributed by atoms with Crippen LogP contribution in [0.1, 0.15) is 17.0 Å². The molecule has 0 radical (unpaired) electrons. The van der Waals surface area contributed by atoms with E-state index in [0.29, 0.717) is 28.0 Å². The van der Waals surface area contributed by atoms with Gasteiger partial charge in [-0.2, -0.15) is 0 Å². The van der Waals surface area contributed by atoms with Crippen LogP contribution in [0, 0.1) is 10.5 Å². The van der Waals surface area contributed by atoms with E-state index < -0.39 is 0 Å². The number of halogens is 1. The van der Waals surface area contributed by atoms with E-state index in [1.54, 1.807) is 10.6 Å². The number of benzene rings is 3. The zero-order valence-electron chi connectivity index (χ0n) is 16.0. The Balaban J connectivity index is 1.82. The molecule has 5 rings (SSSR count). The number of aromatic nitrogens is 2. The quantitative estimate of drug-likeness (QED) is 0.315. The lowest BCUT2D eigenvalue weighted by molar-refractivity contribution is -0.110. The Hall–Kier alpha value is -3.26. The lowest BCUT2D eigenvalue weighted by Gasteiger charge is -2.12. The van der Waals surface area contributed by atoms with E-state index in [2.05, 4.69) is 27.9 Å². The van der Waals surface area contributed by atoms with Gasteiger partial charge in [0.25, 0.3) is 11.5 Å². The van der Waals surface area contributed by atoms with Gasteiger partial charge in [0.15, 0.2) is 0 Å². The van der Waals surface area contributed by atoms with Crippen molar-refractivity contribution in [2.45, 2.75) is 6.92 Å². The number of carbonyl (C=O) groups excluding carboxylic acids is 1. The number of nitrogens with one attached hydrogen (secondary N) is 1. The highest BCUT2D eigenvalue weighted by Crippen LogP contribution is 2.32. The zero-order chi connectivity index (χ0) is 20.8. The minimum Gasteiger partial charge on any atom is -0.321 e. The van der Waals surface area contributed by atoms with Crippen molar-refractivity contribution in [1.29, 1.82) is 0 Å². The summed E-state index contributed by atoms with van der Waals surface area (Å²) in [5.41, 5.74) is 4.28. The summed E-state index contributed by atoms with van der Waals surface area (Å²) < 4.78 is 2.53. The van der Waals surface area contributed by atoms with E-state index in [9.17, 15) is 9.59 Å². The van der Waals surface area contributed by atoms with Crippen LogP contribution in [0.15, 0.2) is 71.5 Å². The zero-order valence-corrected chi connectivity index (χ0v) is 18.2. The molecule has 0 atom stereocenters. The van der Waals surface area contributed by atoms with Crippen molar-refractivity contribution in [3.8, 4) is 5.69 Å². The molecule has 2 heterocycles. The molecular weight excluding hydrogens is 489 g/mol. The fourth-order valence-corrected chi connectivity index (χ4v) is 4.12. The molecule has 0 bridgehead atoms. The summed E-state index contributed by atoms with van der Waals surface area (Å²) in [6, 6.07) is 20.8. The summed E-state index contributed by atoms with van der Waals surface area (Å²) in [5, 5.41) is 3.41. The minimum atomic E-state index is -0.205. The van der Waals surface area contributed by atoms with Crippen LogP contribution >= 0.6 is 22.6 Å². The van der Waals surface area contributed by atoms with Crippen LogP contribution in [-0.2, 0) is 4.79 Å². The molecule has 1 aliphatic rings. The maximum absolute atomic E-state index is 13.5. The van der Waals surface area contributed by atoms with Gasteiger partial charge in [0.05, 0.1) is 22.2 Å². The van der Waals surface area contributed by atoms with Crippen LogP contribution in [0.2, 0.25) is 0 Å². The van der Waals surface area contributed by atoms with E-state index in [1.807, 2.05) is 73.7 Å². The average molecular weight is 505 g/mol. The van der Waals surface area contributed by atoms with E-state index in [0.717, 1.165) is 20.4 Å². The topological polar surface area (TPSA) is 64.0 Å². The fraction of sp³-hybridized carbons (Fsp3) is 0.0417. The molecule has 1 aliphatic heterocycles. The number of fused-ring (bicyclic) bond motifs is 2. The number of carbonyl (C=O) groups is 1. The summed E-state index contributed by atoms with van der Waals surface area (Å²) in [7, 11) is 0. The van der Waals surface area contributed by atoms with E-state index >= 15 is 0 Å². The van der Waals surface area contributed by atoms with Gasteiger partial charge in [-0.15, -0.1) is 0 Å². The standard InChI is InChI=1S/C24H16IN3O2/c1-14-6-9-16(10-7-14)28-22(26-21-11-8-15(25)12-19(21)24(28)30)13-18-17-4-2-3-5-20(17)27-23(18)29/h2-13H,1H3,(H,27,29). The van der Waals surface area contributed by atoms with Crippen molar-refractivity contribution in [2.75, 3.05) is 5.32 Å². The normalized spacial score (nSPS) is 14.2. The number of hydrogen-bond acceptors (Lipinski definition) is 3. The van der Waals surface area contributed by atoms with Crippen LogP contribution in [0.3, 0.4) is 0 Å². The highest BCUT2D eigenvalue weighted by atomic mass is 127.